The zero-order valence-corrected chi connectivity index (χ0v) is 7.92. The maximum atomic E-state index is 5.38. The number of rotatable bonds is 2. The van der Waals surface area contributed by atoms with Crippen LogP contribution in [0.5, 0.6) is 0 Å². The third kappa shape index (κ3) is 2.59. The van der Waals surface area contributed by atoms with E-state index in [2.05, 4.69) is 15.7 Å². The van der Waals surface area contributed by atoms with E-state index in [1.54, 1.807) is 0 Å². The van der Waals surface area contributed by atoms with E-state index in [4.69, 9.17) is 5.84 Å². The summed E-state index contributed by atoms with van der Waals surface area (Å²) in [6.45, 7) is 0. The molecule has 0 amide bonds. The highest BCUT2D eigenvalue weighted by Gasteiger charge is 2.22. The van der Waals surface area contributed by atoms with Crippen molar-refractivity contribution in [3.63, 3.8) is 0 Å². The molecule has 0 spiro atoms. The second kappa shape index (κ2) is 3.96. The summed E-state index contributed by atoms with van der Waals surface area (Å²) in [5.41, 5.74) is 2.64. The van der Waals surface area contributed by atoms with Gasteiger partial charge in [-0.05, 0) is 25.7 Å². The molecule has 0 bridgehead atoms. The molecule has 0 saturated heterocycles. The van der Waals surface area contributed by atoms with Gasteiger partial charge in [0.2, 0.25) is 5.96 Å². The molecule has 0 aliphatic heterocycles. The van der Waals surface area contributed by atoms with Gasteiger partial charge in [-0.15, -0.1) is 0 Å². The maximum Gasteiger partial charge on any atom is 0.206 e. The number of hydrogen-bond acceptors (Lipinski definition) is 2. The van der Waals surface area contributed by atoms with Gasteiger partial charge < -0.3 is 5.32 Å². The van der Waals surface area contributed by atoms with Crippen LogP contribution in [-0.2, 0) is 0 Å². The summed E-state index contributed by atoms with van der Waals surface area (Å²) in [5, 5.41) is 3.35. The molecular formula is C9H18N4. The van der Waals surface area contributed by atoms with Crippen molar-refractivity contribution in [2.45, 2.75) is 50.6 Å². The van der Waals surface area contributed by atoms with E-state index < -0.39 is 0 Å². The molecule has 2 fully saturated rings. The molecule has 4 nitrogen and oxygen atoms in total. The first-order valence-electron chi connectivity index (χ1n) is 5.19. The molecule has 13 heavy (non-hydrogen) atoms. The maximum absolute atomic E-state index is 5.38. The van der Waals surface area contributed by atoms with Gasteiger partial charge in [-0.2, -0.15) is 0 Å². The molecule has 4 heteroatoms. The smallest absolute Gasteiger partial charge is 0.206 e. The van der Waals surface area contributed by atoms with Crippen LogP contribution in [0.2, 0.25) is 0 Å². The summed E-state index contributed by atoms with van der Waals surface area (Å²) in [6, 6.07) is 1.12. The van der Waals surface area contributed by atoms with Crippen LogP contribution < -0.4 is 16.6 Å². The first-order chi connectivity index (χ1) is 6.38. The van der Waals surface area contributed by atoms with Gasteiger partial charge in [0.15, 0.2) is 0 Å². The third-order valence-electron chi connectivity index (χ3n) is 2.69. The van der Waals surface area contributed by atoms with E-state index in [0.717, 1.165) is 5.96 Å². The van der Waals surface area contributed by atoms with Crippen LogP contribution in [0.25, 0.3) is 0 Å². The van der Waals surface area contributed by atoms with Gasteiger partial charge in [0.25, 0.3) is 0 Å². The van der Waals surface area contributed by atoms with Crippen LogP contribution in [-0.4, -0.2) is 18.0 Å². The molecule has 2 aliphatic carbocycles. The Bertz CT molecular complexity index is 192. The quantitative estimate of drug-likeness (QED) is 0.252. The molecule has 74 valence electrons. The van der Waals surface area contributed by atoms with Gasteiger partial charge >= 0.3 is 0 Å². The lowest BCUT2D eigenvalue weighted by Crippen LogP contribution is -2.45. The van der Waals surface area contributed by atoms with Crippen LogP contribution in [0.4, 0.5) is 0 Å². The van der Waals surface area contributed by atoms with Gasteiger partial charge in [0.05, 0.1) is 6.04 Å². The fourth-order valence-corrected chi connectivity index (χ4v) is 1.77. The van der Waals surface area contributed by atoms with E-state index in [9.17, 15) is 0 Å². The first-order valence-corrected chi connectivity index (χ1v) is 5.19. The predicted octanol–water partition coefficient (Wildman–Crippen LogP) is 0.500. The highest BCUT2D eigenvalue weighted by molar-refractivity contribution is 5.79. The van der Waals surface area contributed by atoms with Crippen molar-refractivity contribution in [3.05, 3.63) is 0 Å². The van der Waals surface area contributed by atoms with Crippen molar-refractivity contribution in [1.29, 1.82) is 0 Å². The highest BCUT2D eigenvalue weighted by atomic mass is 15.3. The van der Waals surface area contributed by atoms with Crippen molar-refractivity contribution < 1.29 is 0 Å². The molecule has 2 saturated carbocycles. The lowest BCUT2D eigenvalue weighted by molar-refractivity contribution is 0.614. The summed E-state index contributed by atoms with van der Waals surface area (Å²) in [6.07, 6.45) is 7.61. The lowest BCUT2D eigenvalue weighted by atomic mass is 10.2. The van der Waals surface area contributed by atoms with Crippen molar-refractivity contribution in [3.8, 4) is 0 Å². The molecular weight excluding hydrogens is 164 g/mol. The molecule has 0 radical (unpaired) electrons. The Hall–Kier alpha value is -0.770. The molecule has 0 aromatic rings. The van der Waals surface area contributed by atoms with E-state index in [-0.39, 0.29) is 0 Å². The Morgan fingerprint density at radius 2 is 1.85 bits per heavy atom. The van der Waals surface area contributed by atoms with E-state index in [1.807, 2.05) is 0 Å². The fourth-order valence-electron chi connectivity index (χ4n) is 1.77. The van der Waals surface area contributed by atoms with Crippen molar-refractivity contribution in [1.82, 2.24) is 10.7 Å². The van der Waals surface area contributed by atoms with Crippen LogP contribution in [0.1, 0.15) is 38.5 Å². The SMILES string of the molecule is NNC(=NC1CC1)NC1CCCC1. The molecule has 2 aliphatic rings. The summed E-state index contributed by atoms with van der Waals surface area (Å²) in [7, 11) is 0. The molecule has 0 aromatic carbocycles. The van der Waals surface area contributed by atoms with Crippen LogP contribution in [0, 0.1) is 0 Å². The second-order valence-electron chi connectivity index (χ2n) is 3.98. The fraction of sp³-hybridized carbons (Fsp3) is 0.889. The van der Waals surface area contributed by atoms with Crippen molar-refractivity contribution >= 4 is 5.96 Å². The molecule has 0 unspecified atom stereocenters. The van der Waals surface area contributed by atoms with Crippen molar-refractivity contribution in [2.24, 2.45) is 10.8 Å². The van der Waals surface area contributed by atoms with Crippen LogP contribution >= 0.6 is 0 Å². The van der Waals surface area contributed by atoms with Gasteiger partial charge in [0, 0.05) is 6.04 Å². The number of nitrogens with two attached hydrogens (primary N) is 1. The van der Waals surface area contributed by atoms with Gasteiger partial charge in [-0.3, -0.25) is 5.43 Å². The van der Waals surface area contributed by atoms with Gasteiger partial charge in [-0.25, -0.2) is 10.8 Å². The minimum Gasteiger partial charge on any atom is -0.353 e. The van der Waals surface area contributed by atoms with Crippen molar-refractivity contribution in [2.75, 3.05) is 0 Å². The Kier molecular flexibility index (Phi) is 2.68. The Morgan fingerprint density at radius 3 is 2.38 bits per heavy atom. The largest absolute Gasteiger partial charge is 0.353 e. The highest BCUT2D eigenvalue weighted by Crippen LogP contribution is 2.23. The number of guanidine groups is 1. The lowest BCUT2D eigenvalue weighted by Gasteiger charge is -2.14. The number of nitrogens with zero attached hydrogens (tertiary/aromatic N) is 1. The van der Waals surface area contributed by atoms with Crippen LogP contribution in [0.3, 0.4) is 0 Å². The molecule has 0 heterocycles. The normalized spacial score (nSPS) is 24.8. The standard InChI is InChI=1S/C9H18N4/c10-13-9(12-8-5-6-8)11-7-3-1-2-4-7/h7-8H,1-6,10H2,(H2,11,12,13). The summed E-state index contributed by atoms with van der Waals surface area (Å²) < 4.78 is 0. The van der Waals surface area contributed by atoms with E-state index >= 15 is 0 Å². The van der Waals surface area contributed by atoms with Crippen LogP contribution in [0.15, 0.2) is 4.99 Å². The molecule has 0 atom stereocenters. The average Bonchev–Trinajstić information content (AvgIpc) is 2.80. The van der Waals surface area contributed by atoms with Gasteiger partial charge in [0.1, 0.15) is 0 Å². The van der Waals surface area contributed by atoms with E-state index in [1.165, 1.54) is 38.5 Å². The molecule has 0 aromatic heterocycles. The Morgan fingerprint density at radius 1 is 1.15 bits per heavy atom. The average molecular weight is 182 g/mol. The topological polar surface area (TPSA) is 62.4 Å². The zero-order chi connectivity index (χ0) is 9.10. The first kappa shape index (κ1) is 8.81. The minimum absolute atomic E-state index is 0.528. The third-order valence-corrected chi connectivity index (χ3v) is 2.69. The minimum atomic E-state index is 0.528. The molecule has 2 rings (SSSR count). The summed E-state index contributed by atoms with van der Waals surface area (Å²) in [5.74, 6) is 6.17. The number of hydrazine groups is 1. The number of nitrogens with one attached hydrogen (secondary N) is 2. The second-order valence-corrected chi connectivity index (χ2v) is 3.98. The summed E-state index contributed by atoms with van der Waals surface area (Å²) in [4.78, 5) is 4.44. The Balaban J connectivity index is 1.81. The van der Waals surface area contributed by atoms with Gasteiger partial charge in [-0.1, -0.05) is 12.8 Å². The molecule has 4 N–H and O–H groups in total. The summed E-state index contributed by atoms with van der Waals surface area (Å²) >= 11 is 0. The zero-order valence-electron chi connectivity index (χ0n) is 7.92. The monoisotopic (exact) mass is 182 g/mol. The van der Waals surface area contributed by atoms with E-state index in [0.29, 0.717) is 12.1 Å². The number of aliphatic imine (C=N–C) groups is 1. The predicted molar refractivity (Wildman–Crippen MR) is 53.2 cm³/mol. The number of hydrogen-bond donors (Lipinski definition) is 3. The Labute approximate surface area is 79.0 Å².